The van der Waals surface area contributed by atoms with Crippen molar-refractivity contribution in [3.8, 4) is 0 Å². The minimum Gasteiger partial charge on any atom is -0.281 e. The summed E-state index contributed by atoms with van der Waals surface area (Å²) in [5.41, 5.74) is 0.969. The largest absolute Gasteiger partial charge is 0.281 e. The molecule has 0 unspecified atom stereocenters. The van der Waals surface area contributed by atoms with E-state index in [-0.39, 0.29) is 11.3 Å². The molecule has 0 amide bonds. The van der Waals surface area contributed by atoms with Gasteiger partial charge in [-0.3, -0.25) is 4.79 Å². The number of hydrogen-bond acceptors (Lipinski definition) is 3. The zero-order chi connectivity index (χ0) is 11.5. The highest BCUT2D eigenvalue weighted by Crippen LogP contribution is 2.14. The summed E-state index contributed by atoms with van der Waals surface area (Å²) in [7, 11) is -3.76. The van der Waals surface area contributed by atoms with Crippen LogP contribution in [0.1, 0.15) is 25.3 Å². The van der Waals surface area contributed by atoms with E-state index in [9.17, 15) is 13.2 Å². The van der Waals surface area contributed by atoms with Crippen molar-refractivity contribution in [1.82, 2.24) is 0 Å². The standard InChI is InChI=1S/C11H14O3S/c1-3-4-11(12)15(13,14)10-7-5-9(2)6-8-10/h5-8H,3-4H2,1-2H3. The molecule has 1 rings (SSSR count). The highest BCUT2D eigenvalue weighted by atomic mass is 32.2. The number of sulfone groups is 1. The van der Waals surface area contributed by atoms with E-state index in [0.717, 1.165) is 5.56 Å². The van der Waals surface area contributed by atoms with Gasteiger partial charge in [0.1, 0.15) is 0 Å². The summed E-state index contributed by atoms with van der Waals surface area (Å²) >= 11 is 0. The molecule has 0 aliphatic heterocycles. The van der Waals surface area contributed by atoms with Crippen LogP contribution in [0, 0.1) is 6.92 Å². The Labute approximate surface area is 90.0 Å². The van der Waals surface area contributed by atoms with Crippen LogP contribution in [0.5, 0.6) is 0 Å². The molecule has 1 aromatic rings. The van der Waals surface area contributed by atoms with E-state index in [1.165, 1.54) is 12.1 Å². The number of hydrogen-bond donors (Lipinski definition) is 0. The number of rotatable bonds is 3. The Morgan fingerprint density at radius 3 is 2.20 bits per heavy atom. The second-order valence-corrected chi connectivity index (χ2v) is 5.37. The van der Waals surface area contributed by atoms with Gasteiger partial charge >= 0.3 is 0 Å². The van der Waals surface area contributed by atoms with Crippen molar-refractivity contribution in [3.05, 3.63) is 29.8 Å². The fourth-order valence-electron chi connectivity index (χ4n) is 1.19. The molecule has 0 aromatic heterocycles. The normalized spacial score (nSPS) is 11.3. The van der Waals surface area contributed by atoms with Gasteiger partial charge in [-0.15, -0.1) is 0 Å². The zero-order valence-electron chi connectivity index (χ0n) is 8.86. The van der Waals surface area contributed by atoms with Crippen molar-refractivity contribution in [2.45, 2.75) is 31.6 Å². The van der Waals surface area contributed by atoms with Crippen molar-refractivity contribution in [2.24, 2.45) is 0 Å². The van der Waals surface area contributed by atoms with Gasteiger partial charge in [-0.1, -0.05) is 24.6 Å². The van der Waals surface area contributed by atoms with Crippen molar-refractivity contribution in [3.63, 3.8) is 0 Å². The Morgan fingerprint density at radius 2 is 1.73 bits per heavy atom. The molecule has 0 atom stereocenters. The first-order valence-corrected chi connectivity index (χ1v) is 6.31. The topological polar surface area (TPSA) is 51.2 Å². The molecule has 4 heteroatoms. The van der Waals surface area contributed by atoms with E-state index < -0.39 is 15.0 Å². The Bertz CT molecular complexity index is 443. The van der Waals surface area contributed by atoms with Gasteiger partial charge < -0.3 is 0 Å². The quantitative estimate of drug-likeness (QED) is 0.793. The third-order valence-corrected chi connectivity index (χ3v) is 3.78. The molecular weight excluding hydrogens is 212 g/mol. The first-order valence-electron chi connectivity index (χ1n) is 4.83. The Balaban J connectivity index is 3.06. The van der Waals surface area contributed by atoms with Crippen LogP contribution in [0.4, 0.5) is 0 Å². The molecule has 82 valence electrons. The maximum Gasteiger partial charge on any atom is 0.251 e. The molecule has 0 radical (unpaired) electrons. The highest BCUT2D eigenvalue weighted by Gasteiger charge is 2.22. The van der Waals surface area contributed by atoms with Gasteiger partial charge in [0.2, 0.25) is 9.84 Å². The van der Waals surface area contributed by atoms with Crippen LogP contribution in [0.15, 0.2) is 29.2 Å². The van der Waals surface area contributed by atoms with E-state index in [2.05, 4.69) is 0 Å². The minimum absolute atomic E-state index is 0.0796. The van der Waals surface area contributed by atoms with Gasteiger partial charge in [0, 0.05) is 6.42 Å². The summed E-state index contributed by atoms with van der Waals surface area (Å²) in [4.78, 5) is 11.5. The van der Waals surface area contributed by atoms with E-state index in [1.54, 1.807) is 19.1 Å². The molecule has 0 saturated carbocycles. The number of aryl methyl sites for hydroxylation is 1. The lowest BCUT2D eigenvalue weighted by atomic mass is 10.2. The molecule has 1 aromatic carbocycles. The van der Waals surface area contributed by atoms with E-state index in [1.807, 2.05) is 6.92 Å². The fourth-order valence-corrected chi connectivity index (χ4v) is 2.42. The van der Waals surface area contributed by atoms with Crippen molar-refractivity contribution in [2.75, 3.05) is 0 Å². The second kappa shape index (κ2) is 4.57. The predicted octanol–water partition coefficient (Wildman–Crippen LogP) is 2.10. The van der Waals surface area contributed by atoms with Crippen LogP contribution in [0.2, 0.25) is 0 Å². The molecule has 0 N–H and O–H groups in total. The molecule has 0 aliphatic carbocycles. The number of carbonyl (C=O) groups excluding carboxylic acids is 1. The van der Waals surface area contributed by atoms with Gasteiger partial charge in [-0.05, 0) is 25.5 Å². The minimum atomic E-state index is -3.76. The molecule has 0 aliphatic rings. The average Bonchev–Trinajstić information content (AvgIpc) is 2.18. The summed E-state index contributed by atoms with van der Waals surface area (Å²) < 4.78 is 23.4. The van der Waals surface area contributed by atoms with Crippen molar-refractivity contribution < 1.29 is 13.2 Å². The Hall–Kier alpha value is -1.16. The highest BCUT2D eigenvalue weighted by molar-refractivity contribution is 8.06. The van der Waals surface area contributed by atoms with Crippen molar-refractivity contribution >= 4 is 15.0 Å². The lowest BCUT2D eigenvalue weighted by Gasteiger charge is -2.02. The SMILES string of the molecule is CCCC(=O)S(=O)(=O)c1ccc(C)cc1. The lowest BCUT2D eigenvalue weighted by molar-refractivity contribution is -0.111. The smallest absolute Gasteiger partial charge is 0.251 e. The summed E-state index contributed by atoms with van der Waals surface area (Å²) in [6, 6.07) is 6.31. The third kappa shape index (κ3) is 2.65. The van der Waals surface area contributed by atoms with E-state index in [4.69, 9.17) is 0 Å². The van der Waals surface area contributed by atoms with Crippen LogP contribution in [-0.2, 0) is 14.6 Å². The second-order valence-electron chi connectivity index (χ2n) is 3.44. The molecule has 0 fully saturated rings. The molecule has 0 heterocycles. The Kier molecular flexibility index (Phi) is 3.63. The van der Waals surface area contributed by atoms with Crippen LogP contribution in [0.3, 0.4) is 0 Å². The van der Waals surface area contributed by atoms with Crippen LogP contribution >= 0.6 is 0 Å². The maximum absolute atomic E-state index is 11.7. The summed E-state index contributed by atoms with van der Waals surface area (Å²) in [6.45, 7) is 3.65. The number of carbonyl (C=O) groups is 1. The molecule has 0 spiro atoms. The van der Waals surface area contributed by atoms with Gasteiger partial charge in [-0.2, -0.15) is 0 Å². The molecule has 15 heavy (non-hydrogen) atoms. The van der Waals surface area contributed by atoms with Gasteiger partial charge in [-0.25, -0.2) is 8.42 Å². The lowest BCUT2D eigenvalue weighted by Crippen LogP contribution is -2.14. The molecule has 0 bridgehead atoms. The third-order valence-electron chi connectivity index (χ3n) is 2.09. The van der Waals surface area contributed by atoms with Crippen molar-refractivity contribution in [1.29, 1.82) is 0 Å². The predicted molar refractivity (Wildman–Crippen MR) is 58.3 cm³/mol. The monoisotopic (exact) mass is 226 g/mol. The van der Waals surface area contributed by atoms with Gasteiger partial charge in [0.05, 0.1) is 4.90 Å². The molecular formula is C11H14O3S. The molecule has 3 nitrogen and oxygen atoms in total. The Morgan fingerprint density at radius 1 is 1.20 bits per heavy atom. The van der Waals surface area contributed by atoms with Gasteiger partial charge in [0.25, 0.3) is 5.12 Å². The van der Waals surface area contributed by atoms with E-state index in [0.29, 0.717) is 6.42 Å². The van der Waals surface area contributed by atoms with Gasteiger partial charge in [0.15, 0.2) is 0 Å². The first-order chi connectivity index (χ1) is 6.98. The fraction of sp³-hybridized carbons (Fsp3) is 0.364. The van der Waals surface area contributed by atoms with E-state index >= 15 is 0 Å². The molecule has 0 saturated heterocycles. The summed E-state index contributed by atoms with van der Waals surface area (Å²) in [5.74, 6) is 0. The number of benzene rings is 1. The average molecular weight is 226 g/mol. The van der Waals surface area contributed by atoms with Crippen LogP contribution < -0.4 is 0 Å². The zero-order valence-corrected chi connectivity index (χ0v) is 9.67. The first kappa shape index (κ1) is 11.9. The van der Waals surface area contributed by atoms with Crippen LogP contribution in [-0.4, -0.2) is 13.5 Å². The summed E-state index contributed by atoms with van der Waals surface area (Å²) in [5, 5.41) is -0.700. The summed E-state index contributed by atoms with van der Waals surface area (Å²) in [6.07, 6.45) is 0.625. The maximum atomic E-state index is 11.7. The van der Waals surface area contributed by atoms with Crippen LogP contribution in [0.25, 0.3) is 0 Å².